The molecule has 0 saturated heterocycles. The molecule has 2 rings (SSSR count). The molecule has 0 aliphatic heterocycles. The lowest BCUT2D eigenvalue weighted by atomic mass is 10.0. The van der Waals surface area contributed by atoms with Gasteiger partial charge in [-0.1, -0.05) is 0 Å². The summed E-state index contributed by atoms with van der Waals surface area (Å²) in [5.74, 6) is 0.508. The summed E-state index contributed by atoms with van der Waals surface area (Å²) < 4.78 is 5.33. The van der Waals surface area contributed by atoms with E-state index in [9.17, 15) is 9.90 Å². The lowest BCUT2D eigenvalue weighted by Gasteiger charge is -2.12. The molecular formula is C18H19NO3. The quantitative estimate of drug-likeness (QED) is 0.514. The van der Waals surface area contributed by atoms with E-state index in [4.69, 9.17) is 10.5 Å². The Balaban J connectivity index is 2.37. The van der Waals surface area contributed by atoms with Gasteiger partial charge in [0.25, 0.3) is 0 Å². The number of methoxy groups -OCH3 is 1. The number of phenolic OH excluding ortho intramolecular Hbond substituents is 1. The molecule has 0 saturated carbocycles. The first-order valence-electron chi connectivity index (χ1n) is 6.89. The third-order valence-electron chi connectivity index (χ3n) is 3.47. The summed E-state index contributed by atoms with van der Waals surface area (Å²) in [5, 5.41) is 10.2. The van der Waals surface area contributed by atoms with Crippen LogP contribution in [0.5, 0.6) is 11.5 Å². The second-order valence-corrected chi connectivity index (χ2v) is 5.13. The van der Waals surface area contributed by atoms with Gasteiger partial charge in [-0.05, 0) is 67.5 Å². The van der Waals surface area contributed by atoms with Crippen LogP contribution in [0.1, 0.15) is 27.0 Å². The Hall–Kier alpha value is -2.75. The Morgan fingerprint density at radius 2 is 1.82 bits per heavy atom. The number of allylic oxidation sites excluding steroid dienone is 1. The van der Waals surface area contributed by atoms with E-state index in [1.165, 1.54) is 13.2 Å². The van der Waals surface area contributed by atoms with Crippen LogP contribution in [0.3, 0.4) is 0 Å². The molecule has 0 amide bonds. The molecule has 0 bridgehead atoms. The van der Waals surface area contributed by atoms with Crippen LogP contribution in [-0.2, 0) is 0 Å². The van der Waals surface area contributed by atoms with Crippen molar-refractivity contribution in [1.29, 1.82) is 0 Å². The molecule has 4 heteroatoms. The number of carbonyl (C=O) groups excluding carboxylic acids is 1. The molecule has 4 nitrogen and oxygen atoms in total. The average molecular weight is 297 g/mol. The van der Waals surface area contributed by atoms with E-state index in [2.05, 4.69) is 0 Å². The predicted molar refractivity (Wildman–Crippen MR) is 88.4 cm³/mol. The minimum atomic E-state index is -0.166. The van der Waals surface area contributed by atoms with Gasteiger partial charge in [0.1, 0.15) is 11.5 Å². The number of carbonyl (C=O) groups is 1. The van der Waals surface area contributed by atoms with Gasteiger partial charge in [-0.25, -0.2) is 0 Å². The molecule has 114 valence electrons. The third kappa shape index (κ3) is 3.11. The van der Waals surface area contributed by atoms with Gasteiger partial charge < -0.3 is 15.6 Å². The van der Waals surface area contributed by atoms with Gasteiger partial charge in [-0.3, -0.25) is 4.79 Å². The van der Waals surface area contributed by atoms with Crippen molar-refractivity contribution in [2.75, 3.05) is 12.8 Å². The van der Waals surface area contributed by atoms with Gasteiger partial charge >= 0.3 is 0 Å². The molecule has 3 N–H and O–H groups in total. The van der Waals surface area contributed by atoms with Crippen LogP contribution in [0.2, 0.25) is 0 Å². The highest BCUT2D eigenvalue weighted by molar-refractivity contribution is 6.07. The molecule has 0 aliphatic carbocycles. The van der Waals surface area contributed by atoms with E-state index < -0.39 is 0 Å². The molecule has 0 aliphatic rings. The molecule has 0 unspecified atom stereocenters. The number of nitrogens with two attached hydrogens (primary N) is 1. The number of ketones is 1. The largest absolute Gasteiger partial charge is 0.507 e. The molecule has 0 aromatic heterocycles. The molecule has 2 aromatic rings. The number of rotatable bonds is 4. The predicted octanol–water partition coefficient (Wildman–Crippen LogP) is 3.50. The first kappa shape index (κ1) is 15.6. The van der Waals surface area contributed by atoms with E-state index >= 15 is 0 Å². The maximum absolute atomic E-state index is 12.2. The zero-order valence-electron chi connectivity index (χ0n) is 12.9. The van der Waals surface area contributed by atoms with Crippen molar-refractivity contribution in [2.45, 2.75) is 13.8 Å². The lowest BCUT2D eigenvalue weighted by Crippen LogP contribution is -1.96. The van der Waals surface area contributed by atoms with Crippen molar-refractivity contribution < 1.29 is 14.6 Å². The van der Waals surface area contributed by atoms with E-state index in [-0.39, 0.29) is 11.5 Å². The van der Waals surface area contributed by atoms with E-state index in [1.54, 1.807) is 37.3 Å². The first-order chi connectivity index (χ1) is 10.4. The number of hydrogen-bond acceptors (Lipinski definition) is 4. The summed E-state index contributed by atoms with van der Waals surface area (Å²) in [6, 6.07) is 8.53. The van der Waals surface area contributed by atoms with Crippen LogP contribution >= 0.6 is 0 Å². The minimum Gasteiger partial charge on any atom is -0.507 e. The Labute approximate surface area is 129 Å². The van der Waals surface area contributed by atoms with Crippen LogP contribution in [0.15, 0.2) is 36.4 Å². The number of ether oxygens (including phenoxy) is 1. The minimum absolute atomic E-state index is 0.115. The number of nitrogen functional groups attached to an aromatic ring is 1. The summed E-state index contributed by atoms with van der Waals surface area (Å²) >= 11 is 0. The third-order valence-corrected chi connectivity index (χ3v) is 3.47. The molecular weight excluding hydrogens is 278 g/mol. The molecule has 0 heterocycles. The van der Waals surface area contributed by atoms with Crippen molar-refractivity contribution >= 4 is 17.5 Å². The number of hydrogen-bond donors (Lipinski definition) is 2. The van der Waals surface area contributed by atoms with Gasteiger partial charge in [0, 0.05) is 11.3 Å². The van der Waals surface area contributed by atoms with Crippen molar-refractivity contribution in [3.8, 4) is 11.5 Å². The SMILES string of the molecule is COc1c(C)cc(C)c(O)c1/C=C/C(=O)c1ccc(N)cc1. The van der Waals surface area contributed by atoms with Crippen LogP contribution in [0.25, 0.3) is 6.08 Å². The van der Waals surface area contributed by atoms with E-state index in [1.807, 2.05) is 13.0 Å². The fourth-order valence-electron chi connectivity index (χ4n) is 2.32. The lowest BCUT2D eigenvalue weighted by molar-refractivity contribution is 0.104. The summed E-state index contributed by atoms with van der Waals surface area (Å²) in [6.07, 6.45) is 2.99. The fraction of sp³-hybridized carbons (Fsp3) is 0.167. The van der Waals surface area contributed by atoms with E-state index in [0.717, 1.165) is 11.1 Å². The molecule has 0 atom stereocenters. The van der Waals surface area contributed by atoms with Crippen molar-refractivity contribution in [1.82, 2.24) is 0 Å². The monoisotopic (exact) mass is 297 g/mol. The Bertz CT molecular complexity index is 731. The number of aryl methyl sites for hydroxylation is 2. The number of benzene rings is 2. The standard InChI is InChI=1S/C18H19NO3/c1-11-10-12(2)18(22-3)15(17(11)21)8-9-16(20)13-4-6-14(19)7-5-13/h4-10,21H,19H2,1-3H3/b9-8+. The average Bonchev–Trinajstić information content (AvgIpc) is 2.49. The highest BCUT2D eigenvalue weighted by Crippen LogP contribution is 2.35. The number of aromatic hydroxyl groups is 1. The highest BCUT2D eigenvalue weighted by Gasteiger charge is 2.12. The van der Waals surface area contributed by atoms with Crippen molar-refractivity contribution in [3.05, 3.63) is 58.7 Å². The van der Waals surface area contributed by atoms with Gasteiger partial charge in [-0.15, -0.1) is 0 Å². The van der Waals surface area contributed by atoms with Crippen molar-refractivity contribution in [3.63, 3.8) is 0 Å². The smallest absolute Gasteiger partial charge is 0.185 e. The summed E-state index contributed by atoms with van der Waals surface area (Å²) in [6.45, 7) is 3.70. The highest BCUT2D eigenvalue weighted by atomic mass is 16.5. The number of phenols is 1. The second kappa shape index (κ2) is 6.35. The normalized spacial score (nSPS) is 10.9. The second-order valence-electron chi connectivity index (χ2n) is 5.13. The van der Waals surface area contributed by atoms with Crippen LogP contribution in [-0.4, -0.2) is 18.0 Å². The Morgan fingerprint density at radius 3 is 2.41 bits per heavy atom. The van der Waals surface area contributed by atoms with Gasteiger partial charge in [0.2, 0.25) is 0 Å². The van der Waals surface area contributed by atoms with Gasteiger partial charge in [0.05, 0.1) is 12.7 Å². The van der Waals surface area contributed by atoms with Crippen molar-refractivity contribution in [2.24, 2.45) is 0 Å². The molecule has 22 heavy (non-hydrogen) atoms. The van der Waals surface area contributed by atoms with E-state index in [0.29, 0.717) is 22.6 Å². The maximum Gasteiger partial charge on any atom is 0.185 e. The summed E-state index contributed by atoms with van der Waals surface area (Å²) in [5.41, 5.74) is 8.88. The molecule has 2 aromatic carbocycles. The Kier molecular flexibility index (Phi) is 4.51. The molecule has 0 radical (unpaired) electrons. The number of anilines is 1. The zero-order valence-corrected chi connectivity index (χ0v) is 12.9. The zero-order chi connectivity index (χ0) is 16.3. The molecule has 0 spiro atoms. The molecule has 0 fully saturated rings. The van der Waals surface area contributed by atoms with Gasteiger partial charge in [0.15, 0.2) is 5.78 Å². The van der Waals surface area contributed by atoms with Crippen LogP contribution < -0.4 is 10.5 Å². The topological polar surface area (TPSA) is 72.5 Å². The van der Waals surface area contributed by atoms with Gasteiger partial charge in [-0.2, -0.15) is 0 Å². The summed E-state index contributed by atoms with van der Waals surface area (Å²) in [7, 11) is 1.54. The summed E-state index contributed by atoms with van der Waals surface area (Å²) in [4.78, 5) is 12.2. The van der Waals surface area contributed by atoms with Crippen LogP contribution in [0.4, 0.5) is 5.69 Å². The Morgan fingerprint density at radius 1 is 1.18 bits per heavy atom. The van der Waals surface area contributed by atoms with Crippen LogP contribution in [0, 0.1) is 13.8 Å². The first-order valence-corrected chi connectivity index (χ1v) is 6.89. The fourth-order valence-corrected chi connectivity index (χ4v) is 2.32. The maximum atomic E-state index is 12.2.